The Kier molecular flexibility index (Phi) is 4.70. The highest BCUT2D eigenvalue weighted by Gasteiger charge is 2.41. The van der Waals surface area contributed by atoms with E-state index in [1.165, 1.54) is 12.1 Å². The molecule has 3 rings (SSSR count). The van der Waals surface area contributed by atoms with Crippen LogP contribution in [0, 0.1) is 5.82 Å². The van der Waals surface area contributed by atoms with Gasteiger partial charge in [-0.15, -0.1) is 11.8 Å². The maximum absolute atomic E-state index is 12.9. The molecule has 0 saturated carbocycles. The molecule has 2 aliphatic rings. The van der Waals surface area contributed by atoms with Crippen molar-refractivity contribution in [2.75, 3.05) is 26.3 Å². The van der Waals surface area contributed by atoms with Crippen LogP contribution in [0.5, 0.6) is 0 Å². The number of nitrogens with two attached hydrogens (primary N) is 1. The van der Waals surface area contributed by atoms with Crippen molar-refractivity contribution < 1.29 is 13.9 Å². The number of nitrogens with zero attached hydrogens (tertiary/aromatic N) is 1. The first kappa shape index (κ1) is 15.8. The highest BCUT2D eigenvalue weighted by Crippen LogP contribution is 2.31. The summed E-state index contributed by atoms with van der Waals surface area (Å²) >= 11 is 1.70. The summed E-state index contributed by atoms with van der Waals surface area (Å²) < 4.78 is 18.2. The molecule has 2 N–H and O–H groups in total. The van der Waals surface area contributed by atoms with Gasteiger partial charge in [0.1, 0.15) is 5.82 Å². The molecule has 1 aromatic rings. The number of rotatable bonds is 3. The highest BCUT2D eigenvalue weighted by molar-refractivity contribution is 8.00. The Morgan fingerprint density at radius 1 is 1.32 bits per heavy atom. The molecular weight excluding hydrogens is 303 g/mol. The molecule has 0 spiro atoms. The topological polar surface area (TPSA) is 55.6 Å². The average Bonchev–Trinajstić information content (AvgIpc) is 2.98. The number of carbonyl (C=O) groups excluding carboxylic acids is 1. The number of carbonyl (C=O) groups is 1. The molecule has 0 aromatic heterocycles. The summed E-state index contributed by atoms with van der Waals surface area (Å²) in [4.78, 5) is 15.6. The van der Waals surface area contributed by atoms with Gasteiger partial charge in [-0.2, -0.15) is 0 Å². The number of likely N-dealkylation sites (tertiary alicyclic amines) is 1. The lowest BCUT2D eigenvalue weighted by Crippen LogP contribution is -2.57. The van der Waals surface area contributed by atoms with Crippen LogP contribution in [0.25, 0.3) is 0 Å². The monoisotopic (exact) mass is 324 g/mol. The molecule has 6 heteroatoms. The van der Waals surface area contributed by atoms with Crippen molar-refractivity contribution in [3.8, 4) is 0 Å². The Labute approximate surface area is 134 Å². The van der Waals surface area contributed by atoms with Crippen molar-refractivity contribution in [3.05, 3.63) is 30.1 Å². The molecule has 2 aliphatic heterocycles. The SMILES string of the molecule is NC1(C(=O)N2CCC(Sc3ccc(F)cc3)C2)CCOCC1. The molecule has 0 aliphatic carbocycles. The largest absolute Gasteiger partial charge is 0.381 e. The Morgan fingerprint density at radius 2 is 2.00 bits per heavy atom. The normalized spacial score (nSPS) is 24.5. The van der Waals surface area contributed by atoms with E-state index >= 15 is 0 Å². The molecule has 2 heterocycles. The maximum atomic E-state index is 12.9. The first-order valence-electron chi connectivity index (χ1n) is 7.65. The van der Waals surface area contributed by atoms with Gasteiger partial charge in [-0.1, -0.05) is 0 Å². The quantitative estimate of drug-likeness (QED) is 0.924. The third kappa shape index (κ3) is 3.45. The average molecular weight is 324 g/mol. The first-order chi connectivity index (χ1) is 10.6. The van der Waals surface area contributed by atoms with Crippen molar-refractivity contribution in [1.82, 2.24) is 4.90 Å². The Morgan fingerprint density at radius 3 is 2.68 bits per heavy atom. The Balaban J connectivity index is 1.57. The van der Waals surface area contributed by atoms with E-state index in [0.29, 0.717) is 37.9 Å². The summed E-state index contributed by atoms with van der Waals surface area (Å²) in [6.07, 6.45) is 2.14. The number of amides is 1. The Bertz CT molecular complexity index is 531. The van der Waals surface area contributed by atoms with E-state index in [-0.39, 0.29) is 11.7 Å². The molecule has 0 radical (unpaired) electrons. The van der Waals surface area contributed by atoms with Crippen LogP contribution in [-0.2, 0) is 9.53 Å². The number of ether oxygens (including phenoxy) is 1. The lowest BCUT2D eigenvalue weighted by Gasteiger charge is -2.35. The van der Waals surface area contributed by atoms with Gasteiger partial charge in [0, 0.05) is 36.4 Å². The molecular formula is C16H21FN2O2S. The lowest BCUT2D eigenvalue weighted by atomic mass is 9.90. The number of halogens is 1. The van der Waals surface area contributed by atoms with E-state index in [4.69, 9.17) is 10.5 Å². The fourth-order valence-electron chi connectivity index (χ4n) is 2.98. The molecule has 120 valence electrons. The van der Waals surface area contributed by atoms with Gasteiger partial charge >= 0.3 is 0 Å². The third-order valence-electron chi connectivity index (χ3n) is 4.36. The van der Waals surface area contributed by atoms with Crippen LogP contribution in [0.4, 0.5) is 4.39 Å². The van der Waals surface area contributed by atoms with Gasteiger partial charge in [-0.3, -0.25) is 4.79 Å². The van der Waals surface area contributed by atoms with Gasteiger partial charge in [0.05, 0.1) is 5.54 Å². The number of thioether (sulfide) groups is 1. The van der Waals surface area contributed by atoms with Gasteiger partial charge < -0.3 is 15.4 Å². The minimum Gasteiger partial charge on any atom is -0.381 e. The van der Waals surface area contributed by atoms with E-state index < -0.39 is 5.54 Å². The van der Waals surface area contributed by atoms with E-state index in [0.717, 1.165) is 17.9 Å². The molecule has 0 bridgehead atoms. The second kappa shape index (κ2) is 6.56. The zero-order valence-electron chi connectivity index (χ0n) is 12.5. The molecule has 1 unspecified atom stereocenters. The van der Waals surface area contributed by atoms with Crippen molar-refractivity contribution in [1.29, 1.82) is 0 Å². The van der Waals surface area contributed by atoms with Crippen LogP contribution in [0.1, 0.15) is 19.3 Å². The predicted molar refractivity (Wildman–Crippen MR) is 84.2 cm³/mol. The van der Waals surface area contributed by atoms with Crippen molar-refractivity contribution in [2.24, 2.45) is 5.73 Å². The maximum Gasteiger partial charge on any atom is 0.242 e. The summed E-state index contributed by atoms with van der Waals surface area (Å²) in [6, 6.07) is 6.51. The first-order valence-corrected chi connectivity index (χ1v) is 8.53. The van der Waals surface area contributed by atoms with Crippen LogP contribution in [0.15, 0.2) is 29.2 Å². The van der Waals surface area contributed by atoms with Crippen LogP contribution < -0.4 is 5.73 Å². The summed E-state index contributed by atoms with van der Waals surface area (Å²) in [5.41, 5.74) is 5.52. The fraction of sp³-hybridized carbons (Fsp3) is 0.562. The second-order valence-corrected chi connectivity index (χ2v) is 7.38. The molecule has 4 nitrogen and oxygen atoms in total. The van der Waals surface area contributed by atoms with E-state index in [1.807, 2.05) is 4.90 Å². The number of hydrogen-bond acceptors (Lipinski definition) is 4. The summed E-state index contributed by atoms with van der Waals surface area (Å²) in [5.74, 6) is -0.171. The van der Waals surface area contributed by atoms with Gasteiger partial charge in [0.15, 0.2) is 0 Å². The van der Waals surface area contributed by atoms with Crippen molar-refractivity contribution >= 4 is 17.7 Å². The van der Waals surface area contributed by atoms with Crippen LogP contribution in [0.3, 0.4) is 0 Å². The van der Waals surface area contributed by atoms with E-state index in [1.54, 1.807) is 23.9 Å². The minimum atomic E-state index is -0.756. The van der Waals surface area contributed by atoms with Crippen molar-refractivity contribution in [3.63, 3.8) is 0 Å². The summed E-state index contributed by atoms with van der Waals surface area (Å²) in [5, 5.41) is 0.345. The smallest absolute Gasteiger partial charge is 0.242 e. The molecule has 1 atom stereocenters. The second-order valence-electron chi connectivity index (χ2n) is 6.00. The van der Waals surface area contributed by atoms with Gasteiger partial charge in [-0.05, 0) is 43.5 Å². The Hall–Kier alpha value is -1.11. The number of hydrogen-bond donors (Lipinski definition) is 1. The predicted octanol–water partition coefficient (Wildman–Crippen LogP) is 2.03. The highest BCUT2D eigenvalue weighted by atomic mass is 32.2. The molecule has 1 aromatic carbocycles. The molecule has 2 saturated heterocycles. The standard InChI is InChI=1S/C16H21FN2O2S/c17-12-1-3-13(4-2-12)22-14-5-8-19(11-14)15(20)16(18)6-9-21-10-7-16/h1-4,14H,5-11,18H2. The van der Waals surface area contributed by atoms with Crippen LogP contribution >= 0.6 is 11.8 Å². The number of benzene rings is 1. The minimum absolute atomic E-state index is 0.0537. The lowest BCUT2D eigenvalue weighted by molar-refractivity contribution is -0.139. The van der Waals surface area contributed by atoms with Crippen LogP contribution in [-0.4, -0.2) is 47.9 Å². The third-order valence-corrected chi connectivity index (χ3v) is 5.62. The van der Waals surface area contributed by atoms with Crippen LogP contribution in [0.2, 0.25) is 0 Å². The van der Waals surface area contributed by atoms with Gasteiger partial charge in [-0.25, -0.2) is 4.39 Å². The van der Waals surface area contributed by atoms with Gasteiger partial charge in [0.25, 0.3) is 0 Å². The van der Waals surface area contributed by atoms with E-state index in [2.05, 4.69) is 0 Å². The molecule has 2 fully saturated rings. The zero-order chi connectivity index (χ0) is 15.6. The zero-order valence-corrected chi connectivity index (χ0v) is 13.3. The van der Waals surface area contributed by atoms with E-state index in [9.17, 15) is 9.18 Å². The van der Waals surface area contributed by atoms with Gasteiger partial charge in [0.2, 0.25) is 5.91 Å². The summed E-state index contributed by atoms with van der Waals surface area (Å²) in [6.45, 7) is 2.58. The fourth-order valence-corrected chi connectivity index (χ4v) is 4.13. The molecule has 1 amide bonds. The van der Waals surface area contributed by atoms with Crippen molar-refractivity contribution in [2.45, 2.75) is 34.9 Å². The summed E-state index contributed by atoms with van der Waals surface area (Å²) in [7, 11) is 0. The molecule has 22 heavy (non-hydrogen) atoms.